The molecule has 35 heavy (non-hydrogen) atoms. The maximum absolute atomic E-state index is 14.3. The fourth-order valence-electron chi connectivity index (χ4n) is 4.37. The first kappa shape index (κ1) is 22.7. The third-order valence-electron chi connectivity index (χ3n) is 6.16. The van der Waals surface area contributed by atoms with Gasteiger partial charge in [0.1, 0.15) is 22.7 Å². The number of para-hydroxylation sites is 1. The molecule has 3 heterocycles. The molecule has 178 valence electrons. The zero-order chi connectivity index (χ0) is 25.0. The number of imidazole rings is 1. The number of pyridine rings is 1. The van der Waals surface area contributed by atoms with E-state index < -0.39 is 29.9 Å². The third-order valence-corrected chi connectivity index (χ3v) is 6.16. The van der Waals surface area contributed by atoms with Crippen molar-refractivity contribution in [3.8, 4) is 28.6 Å². The van der Waals surface area contributed by atoms with Crippen LogP contribution in [0.15, 0.2) is 48.8 Å². The highest BCUT2D eigenvalue weighted by Gasteiger charge is 2.55. The van der Waals surface area contributed by atoms with Crippen molar-refractivity contribution in [2.45, 2.75) is 18.1 Å². The van der Waals surface area contributed by atoms with Gasteiger partial charge in [-0.05, 0) is 42.3 Å². The number of nitrogens with one attached hydrogen (secondary N) is 1. The molecule has 0 saturated carbocycles. The summed E-state index contributed by atoms with van der Waals surface area (Å²) in [5.74, 6) is -1.09. The van der Waals surface area contributed by atoms with E-state index in [9.17, 15) is 27.2 Å². The van der Waals surface area contributed by atoms with Crippen LogP contribution in [0.1, 0.15) is 12.0 Å². The standard InChI is InChI=1S/C24H17F5N6/c25-15-7-13(9-30)6-14(8-15)16-10-32-11-17(22-33-19-3-1-2-18(26)20(19)34-22)21(16)35-5-4-23(31,12-35)24(27,28)29/h1-3,6-8,10-11H,4-5,12,31H2,(H,33,34). The summed E-state index contributed by atoms with van der Waals surface area (Å²) in [6.45, 7) is -0.607. The molecule has 1 aliphatic rings. The number of anilines is 1. The van der Waals surface area contributed by atoms with Crippen LogP contribution in [0.2, 0.25) is 0 Å². The second-order valence-corrected chi connectivity index (χ2v) is 8.47. The van der Waals surface area contributed by atoms with Gasteiger partial charge in [0.25, 0.3) is 0 Å². The molecule has 0 radical (unpaired) electrons. The van der Waals surface area contributed by atoms with E-state index in [2.05, 4.69) is 15.0 Å². The number of nitrogens with two attached hydrogens (primary N) is 1. The van der Waals surface area contributed by atoms with Gasteiger partial charge in [0, 0.05) is 31.0 Å². The Morgan fingerprint density at radius 2 is 1.89 bits per heavy atom. The van der Waals surface area contributed by atoms with Gasteiger partial charge in [0.15, 0.2) is 5.82 Å². The van der Waals surface area contributed by atoms with Crippen LogP contribution in [0.5, 0.6) is 0 Å². The fraction of sp³-hybridized carbons (Fsp3) is 0.208. The second-order valence-electron chi connectivity index (χ2n) is 8.47. The second kappa shape index (κ2) is 8.02. The Bertz CT molecular complexity index is 1490. The van der Waals surface area contributed by atoms with Crippen molar-refractivity contribution >= 4 is 16.7 Å². The van der Waals surface area contributed by atoms with Crippen LogP contribution >= 0.6 is 0 Å². The Morgan fingerprint density at radius 3 is 2.57 bits per heavy atom. The van der Waals surface area contributed by atoms with Crippen molar-refractivity contribution in [2.24, 2.45) is 5.73 Å². The van der Waals surface area contributed by atoms with E-state index in [1.165, 1.54) is 41.6 Å². The molecule has 3 N–H and O–H groups in total. The molecule has 6 nitrogen and oxygen atoms in total. The van der Waals surface area contributed by atoms with Crippen molar-refractivity contribution in [3.05, 3.63) is 66.0 Å². The number of fused-ring (bicyclic) bond motifs is 1. The molecule has 0 amide bonds. The number of alkyl halides is 3. The Kier molecular flexibility index (Phi) is 5.21. The Morgan fingerprint density at radius 1 is 1.11 bits per heavy atom. The van der Waals surface area contributed by atoms with Crippen molar-refractivity contribution in [3.63, 3.8) is 0 Å². The molecule has 1 saturated heterocycles. The van der Waals surface area contributed by atoms with Gasteiger partial charge in [-0.25, -0.2) is 13.8 Å². The van der Waals surface area contributed by atoms with Crippen molar-refractivity contribution in [2.75, 3.05) is 18.0 Å². The lowest BCUT2D eigenvalue weighted by molar-refractivity contribution is -0.179. The zero-order valence-electron chi connectivity index (χ0n) is 18.0. The molecule has 0 bridgehead atoms. The van der Waals surface area contributed by atoms with Gasteiger partial charge < -0.3 is 15.6 Å². The van der Waals surface area contributed by atoms with Crippen LogP contribution in [-0.2, 0) is 0 Å². The summed E-state index contributed by atoms with van der Waals surface area (Å²) in [7, 11) is 0. The van der Waals surface area contributed by atoms with E-state index in [0.717, 1.165) is 6.07 Å². The average molecular weight is 484 g/mol. The van der Waals surface area contributed by atoms with E-state index in [1.54, 1.807) is 6.07 Å². The van der Waals surface area contributed by atoms with Crippen LogP contribution in [0.4, 0.5) is 27.6 Å². The summed E-state index contributed by atoms with van der Waals surface area (Å²) < 4.78 is 69.7. The number of hydrogen-bond donors (Lipinski definition) is 2. The molecule has 5 rings (SSSR count). The van der Waals surface area contributed by atoms with E-state index >= 15 is 0 Å². The van der Waals surface area contributed by atoms with Gasteiger partial charge in [0.05, 0.1) is 28.4 Å². The van der Waals surface area contributed by atoms with Gasteiger partial charge in [0.2, 0.25) is 0 Å². The number of aromatic nitrogens is 3. The number of benzene rings is 2. The van der Waals surface area contributed by atoms with Gasteiger partial charge in [-0.1, -0.05) is 6.07 Å². The summed E-state index contributed by atoms with van der Waals surface area (Å²) in [5.41, 5.74) is 4.84. The number of nitrogens with zero attached hydrogens (tertiary/aromatic N) is 4. The molecule has 1 fully saturated rings. The Balaban J connectivity index is 1.74. The van der Waals surface area contributed by atoms with E-state index in [1.807, 2.05) is 6.07 Å². The average Bonchev–Trinajstić information content (AvgIpc) is 3.43. The normalized spacial score (nSPS) is 18.3. The topological polar surface area (TPSA) is 94.6 Å². The number of hydrogen-bond acceptors (Lipinski definition) is 5. The maximum Gasteiger partial charge on any atom is 0.408 e. The summed E-state index contributed by atoms with van der Waals surface area (Å²) in [6, 6.07) is 9.85. The SMILES string of the molecule is N#Cc1cc(F)cc(-c2cncc(-c3nc4c(F)cccc4[nH]3)c2N2CCC(N)(C(F)(F)F)C2)c1. The van der Waals surface area contributed by atoms with Crippen LogP contribution in [-0.4, -0.2) is 39.8 Å². The smallest absolute Gasteiger partial charge is 0.368 e. The van der Waals surface area contributed by atoms with Gasteiger partial charge in [-0.2, -0.15) is 18.4 Å². The van der Waals surface area contributed by atoms with E-state index in [4.69, 9.17) is 5.73 Å². The zero-order valence-corrected chi connectivity index (χ0v) is 18.0. The lowest BCUT2D eigenvalue weighted by atomic mass is 9.98. The molecule has 0 aliphatic carbocycles. The third kappa shape index (κ3) is 3.85. The predicted octanol–water partition coefficient (Wildman–Crippen LogP) is 4.91. The summed E-state index contributed by atoms with van der Waals surface area (Å²) in [4.78, 5) is 12.9. The summed E-state index contributed by atoms with van der Waals surface area (Å²) in [5, 5.41) is 9.28. The lowest BCUT2D eigenvalue weighted by Gasteiger charge is -2.29. The van der Waals surface area contributed by atoms with E-state index in [0.29, 0.717) is 5.52 Å². The van der Waals surface area contributed by atoms with Gasteiger partial charge in [-0.15, -0.1) is 0 Å². The number of nitriles is 1. The molecule has 4 aromatic rings. The quantitative estimate of drug-likeness (QED) is 0.403. The minimum absolute atomic E-state index is 0.0343. The van der Waals surface area contributed by atoms with Crippen LogP contribution in [0, 0.1) is 23.0 Å². The van der Waals surface area contributed by atoms with Gasteiger partial charge in [-0.3, -0.25) is 4.98 Å². The summed E-state index contributed by atoms with van der Waals surface area (Å²) in [6.07, 6.45) is -2.24. The largest absolute Gasteiger partial charge is 0.408 e. The highest BCUT2D eigenvalue weighted by atomic mass is 19.4. The Hall–Kier alpha value is -4.04. The van der Waals surface area contributed by atoms with Crippen molar-refractivity contribution < 1.29 is 22.0 Å². The van der Waals surface area contributed by atoms with Crippen LogP contribution in [0.3, 0.4) is 0 Å². The fourth-order valence-corrected chi connectivity index (χ4v) is 4.37. The lowest BCUT2D eigenvalue weighted by Crippen LogP contribution is -2.55. The monoisotopic (exact) mass is 484 g/mol. The van der Waals surface area contributed by atoms with E-state index in [-0.39, 0.29) is 52.2 Å². The number of halogens is 5. The molecule has 2 aromatic heterocycles. The first-order valence-corrected chi connectivity index (χ1v) is 10.5. The van der Waals surface area contributed by atoms with Gasteiger partial charge >= 0.3 is 6.18 Å². The van der Waals surface area contributed by atoms with Crippen LogP contribution < -0.4 is 10.6 Å². The Labute approximate surface area is 195 Å². The summed E-state index contributed by atoms with van der Waals surface area (Å²) >= 11 is 0. The molecule has 0 spiro atoms. The molecular formula is C24H17F5N6. The minimum Gasteiger partial charge on any atom is -0.368 e. The number of H-pyrrole nitrogens is 1. The molecule has 1 unspecified atom stereocenters. The minimum atomic E-state index is -4.65. The molecule has 11 heteroatoms. The highest BCUT2D eigenvalue weighted by molar-refractivity contribution is 5.91. The first-order valence-electron chi connectivity index (χ1n) is 10.5. The number of rotatable bonds is 3. The maximum atomic E-state index is 14.3. The van der Waals surface area contributed by atoms with Crippen molar-refractivity contribution in [1.82, 2.24) is 15.0 Å². The first-order chi connectivity index (χ1) is 16.6. The van der Waals surface area contributed by atoms with Crippen LogP contribution in [0.25, 0.3) is 33.5 Å². The van der Waals surface area contributed by atoms with Crippen molar-refractivity contribution in [1.29, 1.82) is 5.26 Å². The predicted molar refractivity (Wildman–Crippen MR) is 119 cm³/mol. The molecule has 1 aliphatic heterocycles. The highest BCUT2D eigenvalue weighted by Crippen LogP contribution is 2.44. The molecule has 2 aromatic carbocycles. The molecule has 1 atom stereocenters. The number of aromatic amines is 1. The molecular weight excluding hydrogens is 467 g/mol.